The maximum Gasteiger partial charge on any atom is 0.124 e. The fourth-order valence-corrected chi connectivity index (χ4v) is 2.82. The number of anilines is 1. The van der Waals surface area contributed by atoms with Crippen LogP contribution in [0.4, 0.5) is 5.69 Å². The van der Waals surface area contributed by atoms with Gasteiger partial charge < -0.3 is 14.8 Å². The molecule has 3 nitrogen and oxygen atoms in total. The molecule has 0 bridgehead atoms. The quantitative estimate of drug-likeness (QED) is 0.919. The average Bonchev–Trinajstić information content (AvgIpc) is 2.52. The largest absolute Gasteiger partial charge is 0.493 e. The molecule has 0 amide bonds. The fraction of sp³-hybridized carbons (Fsp3) is 0.333. The van der Waals surface area contributed by atoms with Gasteiger partial charge in [-0.1, -0.05) is 43.3 Å². The van der Waals surface area contributed by atoms with Crippen molar-refractivity contribution in [2.75, 3.05) is 19.0 Å². The number of methoxy groups -OCH3 is 1. The number of nitrogens with one attached hydrogen (secondary N) is 1. The van der Waals surface area contributed by atoms with Crippen molar-refractivity contribution in [3.63, 3.8) is 0 Å². The third-order valence-corrected chi connectivity index (χ3v) is 3.95. The summed E-state index contributed by atoms with van der Waals surface area (Å²) >= 11 is 0. The van der Waals surface area contributed by atoms with Crippen molar-refractivity contribution in [3.8, 4) is 5.75 Å². The van der Waals surface area contributed by atoms with Crippen LogP contribution >= 0.6 is 0 Å². The molecule has 0 fully saturated rings. The maximum atomic E-state index is 5.82. The predicted molar refractivity (Wildman–Crippen MR) is 84.6 cm³/mol. The van der Waals surface area contributed by atoms with E-state index in [0.29, 0.717) is 12.5 Å². The molecule has 2 unspecified atom stereocenters. The van der Waals surface area contributed by atoms with Crippen molar-refractivity contribution in [1.29, 1.82) is 0 Å². The highest BCUT2D eigenvalue weighted by atomic mass is 16.5. The molecule has 0 saturated heterocycles. The first-order valence-electron chi connectivity index (χ1n) is 7.34. The highest BCUT2D eigenvalue weighted by Crippen LogP contribution is 2.37. The number of rotatable bonds is 4. The van der Waals surface area contributed by atoms with Crippen molar-refractivity contribution in [2.24, 2.45) is 5.92 Å². The summed E-state index contributed by atoms with van der Waals surface area (Å²) in [6.45, 7) is 3.57. The molecule has 1 N–H and O–H groups in total. The first-order chi connectivity index (χ1) is 10.3. The molecular weight excluding hydrogens is 262 g/mol. The number of hydrogen-bond donors (Lipinski definition) is 1. The summed E-state index contributed by atoms with van der Waals surface area (Å²) in [4.78, 5) is 0. The normalized spacial score (nSPS) is 20.5. The molecule has 2 aromatic rings. The average molecular weight is 283 g/mol. The summed E-state index contributed by atoms with van der Waals surface area (Å²) < 4.78 is 11.1. The second-order valence-corrected chi connectivity index (χ2v) is 5.54. The van der Waals surface area contributed by atoms with Crippen LogP contribution in [-0.4, -0.2) is 13.7 Å². The Morgan fingerprint density at radius 2 is 1.90 bits per heavy atom. The Labute approximate surface area is 125 Å². The topological polar surface area (TPSA) is 30.5 Å². The number of para-hydroxylation sites is 2. The van der Waals surface area contributed by atoms with Gasteiger partial charge in [-0.3, -0.25) is 0 Å². The van der Waals surface area contributed by atoms with Crippen LogP contribution in [0.5, 0.6) is 5.75 Å². The van der Waals surface area contributed by atoms with Gasteiger partial charge in [0.15, 0.2) is 0 Å². The van der Waals surface area contributed by atoms with E-state index in [-0.39, 0.29) is 6.04 Å². The number of fused-ring (bicyclic) bond motifs is 1. The molecule has 21 heavy (non-hydrogen) atoms. The Bertz CT molecular complexity index is 612. The molecular formula is C18H21NO2. The van der Waals surface area contributed by atoms with Crippen LogP contribution < -0.4 is 10.1 Å². The Morgan fingerprint density at radius 1 is 1.14 bits per heavy atom. The zero-order valence-corrected chi connectivity index (χ0v) is 12.5. The van der Waals surface area contributed by atoms with E-state index in [1.807, 2.05) is 18.2 Å². The second kappa shape index (κ2) is 6.19. The summed E-state index contributed by atoms with van der Waals surface area (Å²) in [7, 11) is 1.73. The minimum Gasteiger partial charge on any atom is -0.493 e. The summed E-state index contributed by atoms with van der Waals surface area (Å²) in [5.74, 6) is 1.40. The van der Waals surface area contributed by atoms with Crippen LogP contribution in [0.15, 0.2) is 48.5 Å². The van der Waals surface area contributed by atoms with E-state index in [0.717, 1.165) is 18.0 Å². The molecule has 0 saturated carbocycles. The Hall–Kier alpha value is -2.00. The van der Waals surface area contributed by atoms with Gasteiger partial charge in [0, 0.05) is 29.8 Å². The second-order valence-electron chi connectivity index (χ2n) is 5.54. The summed E-state index contributed by atoms with van der Waals surface area (Å²) in [6.07, 6.45) is 0. The van der Waals surface area contributed by atoms with Gasteiger partial charge in [0.25, 0.3) is 0 Å². The number of benzene rings is 2. The van der Waals surface area contributed by atoms with Crippen molar-refractivity contribution in [1.82, 2.24) is 0 Å². The lowest BCUT2D eigenvalue weighted by Gasteiger charge is -2.33. The third kappa shape index (κ3) is 2.88. The molecule has 3 rings (SSSR count). The van der Waals surface area contributed by atoms with Gasteiger partial charge >= 0.3 is 0 Å². The zero-order valence-electron chi connectivity index (χ0n) is 12.5. The molecule has 1 aliphatic rings. The van der Waals surface area contributed by atoms with Gasteiger partial charge in [-0.25, -0.2) is 0 Å². The molecule has 3 heteroatoms. The smallest absolute Gasteiger partial charge is 0.124 e. The van der Waals surface area contributed by atoms with E-state index < -0.39 is 0 Å². The van der Waals surface area contributed by atoms with Crippen LogP contribution in [0.25, 0.3) is 0 Å². The molecule has 0 spiro atoms. The van der Waals surface area contributed by atoms with Gasteiger partial charge in [-0.2, -0.15) is 0 Å². The Kier molecular flexibility index (Phi) is 4.11. The first kappa shape index (κ1) is 14.0. The van der Waals surface area contributed by atoms with Crippen molar-refractivity contribution in [3.05, 3.63) is 59.7 Å². The Balaban J connectivity index is 1.91. The van der Waals surface area contributed by atoms with Crippen LogP contribution in [-0.2, 0) is 11.3 Å². The SMILES string of the molecule is COCc1ccccc1NC1c2ccccc2OCC1C. The van der Waals surface area contributed by atoms with E-state index in [9.17, 15) is 0 Å². The van der Waals surface area contributed by atoms with Crippen molar-refractivity contribution in [2.45, 2.75) is 19.6 Å². The van der Waals surface area contributed by atoms with E-state index in [1.165, 1.54) is 11.1 Å². The van der Waals surface area contributed by atoms with Crippen molar-refractivity contribution < 1.29 is 9.47 Å². The van der Waals surface area contributed by atoms with Gasteiger partial charge in [0.1, 0.15) is 5.75 Å². The molecule has 1 heterocycles. The molecule has 110 valence electrons. The van der Waals surface area contributed by atoms with E-state index >= 15 is 0 Å². The predicted octanol–water partition coefficient (Wildman–Crippen LogP) is 4.01. The maximum absolute atomic E-state index is 5.82. The highest BCUT2D eigenvalue weighted by Gasteiger charge is 2.27. The minimum atomic E-state index is 0.257. The minimum absolute atomic E-state index is 0.257. The summed E-state index contributed by atoms with van der Waals surface area (Å²) in [5.41, 5.74) is 3.53. The van der Waals surface area contributed by atoms with Crippen LogP contribution in [0, 0.1) is 5.92 Å². The van der Waals surface area contributed by atoms with Crippen LogP contribution in [0.2, 0.25) is 0 Å². The lowest BCUT2D eigenvalue weighted by atomic mass is 9.91. The highest BCUT2D eigenvalue weighted by molar-refractivity contribution is 5.54. The van der Waals surface area contributed by atoms with Gasteiger partial charge in [-0.15, -0.1) is 0 Å². The lowest BCUT2D eigenvalue weighted by Crippen LogP contribution is -2.29. The molecule has 0 radical (unpaired) electrons. The van der Waals surface area contributed by atoms with Crippen LogP contribution in [0.1, 0.15) is 24.1 Å². The van der Waals surface area contributed by atoms with E-state index in [4.69, 9.17) is 9.47 Å². The van der Waals surface area contributed by atoms with Crippen LogP contribution in [0.3, 0.4) is 0 Å². The molecule has 2 aromatic carbocycles. The van der Waals surface area contributed by atoms with Gasteiger partial charge in [0.2, 0.25) is 0 Å². The van der Waals surface area contributed by atoms with Crippen molar-refractivity contribution >= 4 is 5.69 Å². The molecule has 0 aromatic heterocycles. The fourth-order valence-electron chi connectivity index (χ4n) is 2.82. The monoisotopic (exact) mass is 283 g/mol. The van der Waals surface area contributed by atoms with Gasteiger partial charge in [0.05, 0.1) is 19.3 Å². The van der Waals surface area contributed by atoms with E-state index in [1.54, 1.807) is 7.11 Å². The standard InChI is InChI=1S/C18H21NO2/c1-13-11-21-17-10-6-4-8-15(17)18(13)19-16-9-5-3-7-14(16)12-20-2/h3-10,13,18-19H,11-12H2,1-2H3. The Morgan fingerprint density at radius 3 is 2.76 bits per heavy atom. The lowest BCUT2D eigenvalue weighted by molar-refractivity contribution is 0.185. The third-order valence-electron chi connectivity index (χ3n) is 3.95. The molecule has 2 atom stereocenters. The number of ether oxygens (including phenoxy) is 2. The van der Waals surface area contributed by atoms with Gasteiger partial charge in [-0.05, 0) is 12.1 Å². The molecule has 1 aliphatic heterocycles. The number of hydrogen-bond acceptors (Lipinski definition) is 3. The summed E-state index contributed by atoms with van der Waals surface area (Å²) in [5, 5.41) is 3.68. The van der Waals surface area contributed by atoms with E-state index in [2.05, 4.69) is 42.6 Å². The molecule has 0 aliphatic carbocycles. The zero-order chi connectivity index (χ0) is 14.7. The first-order valence-corrected chi connectivity index (χ1v) is 7.34. The summed E-state index contributed by atoms with van der Waals surface area (Å²) in [6, 6.07) is 16.8.